The van der Waals surface area contributed by atoms with Crippen molar-refractivity contribution in [2.45, 2.75) is 13.8 Å². The van der Waals surface area contributed by atoms with Crippen molar-refractivity contribution in [3.63, 3.8) is 0 Å². The first-order valence-electron chi connectivity index (χ1n) is 14.3. The number of fused-ring (bicyclic) bond motifs is 4. The van der Waals surface area contributed by atoms with Gasteiger partial charge in [0.25, 0.3) is 0 Å². The molecular weight excluding hydrogens is 655 g/mol. The normalized spacial score (nSPS) is 10.4. The summed E-state index contributed by atoms with van der Waals surface area (Å²) in [7, 11) is 0. The Morgan fingerprint density at radius 2 is 0.727 bits per heavy atom. The number of aryl methyl sites for hydroxylation is 2. The molecule has 3 heteroatoms. The van der Waals surface area contributed by atoms with E-state index in [1.807, 2.05) is 0 Å². The Morgan fingerprint density at radius 1 is 0.409 bits per heavy atom. The van der Waals surface area contributed by atoms with Crippen LogP contribution in [-0.4, -0.2) is 4.21 Å². The molecule has 8 rings (SSSR count). The van der Waals surface area contributed by atoms with Crippen LogP contribution in [0.15, 0.2) is 146 Å². The first kappa shape index (κ1) is 33.3. The first-order chi connectivity index (χ1) is 20.7. The smallest absolute Gasteiger partial charge is 1.00 e. The molecule has 0 atom stereocenters. The van der Waals surface area contributed by atoms with Crippen LogP contribution in [0.25, 0.3) is 65.3 Å². The van der Waals surface area contributed by atoms with Gasteiger partial charge in [0, 0.05) is 0 Å². The van der Waals surface area contributed by atoms with E-state index in [9.17, 15) is 0 Å². The first-order valence-corrected chi connectivity index (χ1v) is 16.0. The second-order valence-electron chi connectivity index (χ2n) is 10.6. The third-order valence-corrected chi connectivity index (χ3v) is 8.11. The van der Waals surface area contributed by atoms with Crippen LogP contribution in [0.3, 0.4) is 0 Å². The second kappa shape index (κ2) is 14.9. The molecule has 0 spiro atoms. The molecule has 0 saturated heterocycles. The van der Waals surface area contributed by atoms with E-state index < -0.39 is 0 Å². The van der Waals surface area contributed by atoms with Crippen molar-refractivity contribution in [2.24, 2.45) is 0 Å². The van der Waals surface area contributed by atoms with E-state index in [-0.39, 0.29) is 24.8 Å². The number of hydrogen-bond acceptors (Lipinski definition) is 0. The van der Waals surface area contributed by atoms with Crippen LogP contribution in [0.4, 0.5) is 0 Å². The molecule has 0 radical (unpaired) electrons. The van der Waals surface area contributed by atoms with E-state index in [2.05, 4.69) is 164 Å². The fourth-order valence-electron chi connectivity index (χ4n) is 6.34. The van der Waals surface area contributed by atoms with Crippen molar-refractivity contribution < 1.29 is 49.0 Å². The van der Waals surface area contributed by atoms with Gasteiger partial charge in [-0.25, -0.2) is 0 Å². The van der Waals surface area contributed by atoms with E-state index in [0.717, 1.165) is 0 Å². The van der Waals surface area contributed by atoms with Gasteiger partial charge in [0.05, 0.1) is 0 Å². The van der Waals surface area contributed by atoms with E-state index in [1.165, 1.54) is 101 Å². The largest absolute Gasteiger partial charge is 1.00 e. The SMILES string of the molecule is Cc1[cH-]c2ccccc2c1-c1cccc2ccccc12.Cc1[cH-]c2ccccc2c1-c1cccc2ccccc12.[CH2]=[Zr+2].[Cl-].[Cl-]. The van der Waals surface area contributed by atoms with Crippen LogP contribution in [0.1, 0.15) is 11.1 Å². The van der Waals surface area contributed by atoms with Gasteiger partial charge < -0.3 is 24.8 Å². The summed E-state index contributed by atoms with van der Waals surface area (Å²) in [5, 5.41) is 10.6. The Hall–Kier alpha value is -3.61. The minimum absolute atomic E-state index is 0. The minimum Gasteiger partial charge on any atom is -1.00 e. The molecule has 0 N–H and O–H groups in total. The summed E-state index contributed by atoms with van der Waals surface area (Å²) >= 11 is 1.30. The molecule has 0 fully saturated rings. The summed E-state index contributed by atoms with van der Waals surface area (Å²) in [5.74, 6) is 0. The standard InChI is InChI=1S/2C20H15.CH2.2ClH.Zr/c2*1-14-13-16-8-3-5-11-18(16)20(14)19-12-6-9-15-7-2-4-10-17(15)19;;;;/h2*2-13H,1H3;1H2;2*1H;/q2*-1;;;;+2/p-2. The zero-order valence-corrected chi connectivity index (χ0v) is 28.8. The Labute approximate surface area is 287 Å². The third kappa shape index (κ3) is 6.29. The fraction of sp³-hybridized carbons (Fsp3) is 0.0488. The van der Waals surface area contributed by atoms with Crippen LogP contribution in [0.5, 0.6) is 0 Å². The molecule has 0 aliphatic rings. The molecule has 0 aromatic heterocycles. The average Bonchev–Trinajstić information content (AvgIpc) is 3.56. The zero-order valence-electron chi connectivity index (χ0n) is 24.8. The van der Waals surface area contributed by atoms with Gasteiger partial charge in [0.15, 0.2) is 0 Å². The molecule has 0 nitrogen and oxygen atoms in total. The van der Waals surface area contributed by atoms with E-state index >= 15 is 0 Å². The number of rotatable bonds is 2. The van der Waals surface area contributed by atoms with Crippen LogP contribution in [-0.2, 0) is 24.2 Å². The molecule has 0 bridgehead atoms. The van der Waals surface area contributed by atoms with Crippen molar-refractivity contribution in [3.8, 4) is 22.3 Å². The Kier molecular flexibility index (Phi) is 11.3. The molecule has 216 valence electrons. The summed E-state index contributed by atoms with van der Waals surface area (Å²) in [6, 6.07) is 52.2. The predicted molar refractivity (Wildman–Crippen MR) is 182 cm³/mol. The minimum atomic E-state index is 0. The van der Waals surface area contributed by atoms with Gasteiger partial charge in [-0.1, -0.05) is 122 Å². The van der Waals surface area contributed by atoms with E-state index in [1.54, 1.807) is 0 Å². The quantitative estimate of drug-likeness (QED) is 0.216. The van der Waals surface area contributed by atoms with E-state index in [0.29, 0.717) is 0 Å². The Morgan fingerprint density at radius 3 is 1.14 bits per heavy atom. The number of hydrogen-bond donors (Lipinski definition) is 0. The maximum Gasteiger partial charge on any atom is -1.00 e. The molecule has 8 aromatic carbocycles. The molecule has 0 aliphatic carbocycles. The fourth-order valence-corrected chi connectivity index (χ4v) is 6.34. The molecule has 0 heterocycles. The van der Waals surface area contributed by atoms with Gasteiger partial charge in [-0.05, 0) is 21.5 Å². The summed E-state index contributed by atoms with van der Waals surface area (Å²) in [6.07, 6.45) is 0. The maximum absolute atomic E-state index is 3.34. The van der Waals surface area contributed by atoms with Gasteiger partial charge in [-0.3, -0.25) is 0 Å². The molecule has 0 unspecified atom stereocenters. The van der Waals surface area contributed by atoms with E-state index in [4.69, 9.17) is 0 Å². The van der Waals surface area contributed by atoms with Crippen LogP contribution >= 0.6 is 0 Å². The van der Waals surface area contributed by atoms with Crippen molar-refractivity contribution in [1.29, 1.82) is 0 Å². The topological polar surface area (TPSA) is 0 Å². The molecule has 44 heavy (non-hydrogen) atoms. The Balaban J connectivity index is 0.000000182. The third-order valence-electron chi connectivity index (χ3n) is 8.11. The summed E-state index contributed by atoms with van der Waals surface area (Å²) in [4.78, 5) is 0. The molecule has 8 aromatic rings. The summed E-state index contributed by atoms with van der Waals surface area (Å²) in [6.45, 7) is 4.41. The number of halogens is 2. The van der Waals surface area contributed by atoms with Gasteiger partial charge in [0.2, 0.25) is 0 Å². The maximum atomic E-state index is 3.34. The summed E-state index contributed by atoms with van der Waals surface area (Å²) in [5.41, 5.74) is 8.11. The zero-order chi connectivity index (χ0) is 29.1. The summed E-state index contributed by atoms with van der Waals surface area (Å²) < 4.78 is 3.34. The van der Waals surface area contributed by atoms with Crippen molar-refractivity contribution in [1.82, 2.24) is 0 Å². The molecule has 0 amide bonds. The average molecular weight is 687 g/mol. The van der Waals surface area contributed by atoms with Crippen LogP contribution < -0.4 is 24.8 Å². The van der Waals surface area contributed by atoms with Crippen molar-refractivity contribution in [2.75, 3.05) is 0 Å². The predicted octanol–water partition coefficient (Wildman–Crippen LogP) is 5.35. The Bertz CT molecular complexity index is 2000. The van der Waals surface area contributed by atoms with Gasteiger partial charge in [0.1, 0.15) is 0 Å². The second-order valence-corrected chi connectivity index (χ2v) is 10.6. The molecular formula is C41H32Cl2Zr-2. The molecule has 0 saturated carbocycles. The van der Waals surface area contributed by atoms with Gasteiger partial charge in [-0.2, -0.15) is 0 Å². The number of benzene rings is 6. The van der Waals surface area contributed by atoms with Crippen molar-refractivity contribution in [3.05, 3.63) is 157 Å². The van der Waals surface area contributed by atoms with Gasteiger partial charge in [-0.15, -0.1) is 92.3 Å². The van der Waals surface area contributed by atoms with Gasteiger partial charge >= 0.3 is 28.4 Å². The van der Waals surface area contributed by atoms with Crippen LogP contribution in [0.2, 0.25) is 0 Å². The van der Waals surface area contributed by atoms with Crippen LogP contribution in [0, 0.1) is 13.8 Å². The monoisotopic (exact) mass is 684 g/mol. The van der Waals surface area contributed by atoms with Crippen molar-refractivity contribution >= 4 is 47.3 Å². The molecule has 0 aliphatic heterocycles.